The molecule has 2 atom stereocenters. The van der Waals surface area contributed by atoms with Crippen molar-refractivity contribution in [3.8, 4) is 0 Å². The lowest BCUT2D eigenvalue weighted by Crippen LogP contribution is -2.45. The van der Waals surface area contributed by atoms with Crippen LogP contribution in [-0.4, -0.2) is 24.0 Å². The minimum atomic E-state index is 0.502. The van der Waals surface area contributed by atoms with Gasteiger partial charge in [-0.2, -0.15) is 0 Å². The average molecular weight is 209 g/mol. The summed E-state index contributed by atoms with van der Waals surface area (Å²) in [4.78, 5) is 2.76. The van der Waals surface area contributed by atoms with E-state index in [1.807, 2.05) is 0 Å². The Morgan fingerprint density at radius 2 is 1.80 bits per heavy atom. The van der Waals surface area contributed by atoms with Crippen LogP contribution in [0.25, 0.3) is 0 Å². The molecular weight excluding hydrogens is 182 g/mol. The summed E-state index contributed by atoms with van der Waals surface area (Å²) in [5.74, 6) is 1.94. The van der Waals surface area contributed by atoms with E-state index in [2.05, 4.69) is 32.6 Å². The third-order valence-corrected chi connectivity index (χ3v) is 4.56. The Kier molecular flexibility index (Phi) is 3.12. The number of piperidine rings is 1. The Bertz CT molecular complexity index is 212. The van der Waals surface area contributed by atoms with Gasteiger partial charge in [-0.3, -0.25) is 0 Å². The highest BCUT2D eigenvalue weighted by Crippen LogP contribution is 2.39. The van der Waals surface area contributed by atoms with Crippen LogP contribution in [0.15, 0.2) is 0 Å². The van der Waals surface area contributed by atoms with Gasteiger partial charge in [-0.15, -0.1) is 0 Å². The van der Waals surface area contributed by atoms with Gasteiger partial charge in [0.25, 0.3) is 0 Å². The van der Waals surface area contributed by atoms with Gasteiger partial charge in [0.15, 0.2) is 0 Å². The van der Waals surface area contributed by atoms with Gasteiger partial charge < -0.3 is 4.90 Å². The van der Waals surface area contributed by atoms with Crippen LogP contribution in [0.3, 0.4) is 0 Å². The maximum atomic E-state index is 2.76. The molecule has 15 heavy (non-hydrogen) atoms. The summed E-state index contributed by atoms with van der Waals surface area (Å²) in [6.45, 7) is 12.4. The Balaban J connectivity index is 1.91. The van der Waals surface area contributed by atoms with Crippen LogP contribution < -0.4 is 0 Å². The molecule has 2 unspecified atom stereocenters. The Labute approximate surface area is 95.2 Å². The molecule has 2 fully saturated rings. The molecule has 88 valence electrons. The van der Waals surface area contributed by atoms with Crippen molar-refractivity contribution in [2.75, 3.05) is 13.1 Å². The first-order valence-electron chi connectivity index (χ1n) is 6.72. The topological polar surface area (TPSA) is 3.24 Å². The van der Waals surface area contributed by atoms with Crippen LogP contribution in [0.4, 0.5) is 0 Å². The second kappa shape index (κ2) is 4.08. The molecule has 0 aromatic carbocycles. The molecule has 1 aliphatic carbocycles. The molecule has 0 bridgehead atoms. The summed E-state index contributed by atoms with van der Waals surface area (Å²) >= 11 is 0. The van der Waals surface area contributed by atoms with Crippen LogP contribution in [0.5, 0.6) is 0 Å². The molecule has 1 saturated heterocycles. The smallest absolute Gasteiger partial charge is 0.00953 e. The molecule has 1 saturated carbocycles. The number of hydrogen-bond acceptors (Lipinski definition) is 1. The summed E-state index contributed by atoms with van der Waals surface area (Å²) in [5.41, 5.74) is 0.502. The highest BCUT2D eigenvalue weighted by atomic mass is 15.2. The molecule has 1 heteroatoms. The highest BCUT2D eigenvalue weighted by molar-refractivity contribution is 4.89. The Morgan fingerprint density at radius 1 is 1.13 bits per heavy atom. The summed E-state index contributed by atoms with van der Waals surface area (Å²) in [6.07, 6.45) is 5.83. The highest BCUT2D eigenvalue weighted by Gasteiger charge is 2.36. The third-order valence-electron chi connectivity index (χ3n) is 4.56. The van der Waals surface area contributed by atoms with E-state index in [1.54, 1.807) is 0 Å². The molecule has 0 spiro atoms. The van der Waals surface area contributed by atoms with Crippen LogP contribution in [0, 0.1) is 17.3 Å². The molecule has 0 aromatic heterocycles. The largest absolute Gasteiger partial charge is 0.300 e. The van der Waals surface area contributed by atoms with Crippen LogP contribution in [0.1, 0.15) is 53.4 Å². The zero-order chi connectivity index (χ0) is 11.1. The molecule has 1 nitrogen and oxygen atoms in total. The van der Waals surface area contributed by atoms with E-state index in [4.69, 9.17) is 0 Å². The van der Waals surface area contributed by atoms with E-state index in [-0.39, 0.29) is 0 Å². The van der Waals surface area contributed by atoms with Crippen LogP contribution in [-0.2, 0) is 0 Å². The zero-order valence-electron chi connectivity index (χ0n) is 10.9. The number of rotatable bonds is 2. The molecular formula is C14H27N. The lowest BCUT2D eigenvalue weighted by Gasteiger charge is -2.42. The van der Waals surface area contributed by atoms with Gasteiger partial charge in [0.2, 0.25) is 0 Å². The van der Waals surface area contributed by atoms with Crippen molar-refractivity contribution < 1.29 is 0 Å². The molecule has 1 heterocycles. The lowest BCUT2D eigenvalue weighted by atomic mass is 9.76. The quantitative estimate of drug-likeness (QED) is 0.672. The maximum absolute atomic E-state index is 2.76. The van der Waals surface area contributed by atoms with Crippen LogP contribution >= 0.6 is 0 Å². The number of nitrogens with zero attached hydrogens (tertiary/aromatic N) is 1. The molecule has 0 radical (unpaired) electrons. The second-order valence-corrected chi connectivity index (χ2v) is 6.78. The SMILES string of the molecule is CC(C1CC1)N1CCCC(C(C)(C)C)C1. The van der Waals surface area contributed by atoms with Crippen molar-refractivity contribution in [2.24, 2.45) is 17.3 Å². The minimum absolute atomic E-state index is 0.502. The van der Waals surface area contributed by atoms with Crippen molar-refractivity contribution in [1.82, 2.24) is 4.90 Å². The fourth-order valence-corrected chi connectivity index (χ4v) is 2.96. The van der Waals surface area contributed by atoms with Gasteiger partial charge in [-0.1, -0.05) is 20.8 Å². The fraction of sp³-hybridized carbons (Fsp3) is 1.00. The van der Waals surface area contributed by atoms with Gasteiger partial charge in [-0.05, 0) is 56.4 Å². The van der Waals surface area contributed by atoms with Gasteiger partial charge in [0.05, 0.1) is 0 Å². The first kappa shape index (κ1) is 11.4. The van der Waals surface area contributed by atoms with Gasteiger partial charge in [0.1, 0.15) is 0 Å². The van der Waals surface area contributed by atoms with Crippen molar-refractivity contribution in [2.45, 2.75) is 59.4 Å². The normalized spacial score (nSPS) is 31.6. The van der Waals surface area contributed by atoms with Crippen molar-refractivity contribution in [1.29, 1.82) is 0 Å². The third kappa shape index (κ3) is 2.75. The molecule has 2 rings (SSSR count). The zero-order valence-corrected chi connectivity index (χ0v) is 10.9. The van der Waals surface area contributed by atoms with Gasteiger partial charge in [-0.25, -0.2) is 0 Å². The summed E-state index contributed by atoms with van der Waals surface area (Å²) in [5, 5.41) is 0. The first-order chi connectivity index (χ1) is 6.98. The lowest BCUT2D eigenvalue weighted by molar-refractivity contribution is 0.0665. The van der Waals surface area contributed by atoms with Gasteiger partial charge in [0, 0.05) is 12.6 Å². The first-order valence-corrected chi connectivity index (χ1v) is 6.72. The van der Waals surface area contributed by atoms with Crippen LogP contribution in [0.2, 0.25) is 0 Å². The summed E-state index contributed by atoms with van der Waals surface area (Å²) < 4.78 is 0. The Morgan fingerprint density at radius 3 is 2.33 bits per heavy atom. The summed E-state index contributed by atoms with van der Waals surface area (Å²) in [6, 6.07) is 0.857. The number of hydrogen-bond donors (Lipinski definition) is 0. The molecule has 0 amide bonds. The van der Waals surface area contributed by atoms with E-state index in [1.165, 1.54) is 38.8 Å². The van der Waals surface area contributed by atoms with E-state index < -0.39 is 0 Å². The maximum Gasteiger partial charge on any atom is 0.00953 e. The second-order valence-electron chi connectivity index (χ2n) is 6.78. The number of likely N-dealkylation sites (tertiary alicyclic amines) is 1. The van der Waals surface area contributed by atoms with E-state index >= 15 is 0 Å². The van der Waals surface area contributed by atoms with Gasteiger partial charge >= 0.3 is 0 Å². The van der Waals surface area contributed by atoms with Crippen molar-refractivity contribution in [3.63, 3.8) is 0 Å². The fourth-order valence-electron chi connectivity index (χ4n) is 2.96. The summed E-state index contributed by atoms with van der Waals surface area (Å²) in [7, 11) is 0. The molecule has 1 aliphatic heterocycles. The predicted octanol–water partition coefficient (Wildman–Crippen LogP) is 3.54. The van der Waals surface area contributed by atoms with E-state index in [9.17, 15) is 0 Å². The van der Waals surface area contributed by atoms with Crippen molar-refractivity contribution in [3.05, 3.63) is 0 Å². The van der Waals surface area contributed by atoms with E-state index in [0.717, 1.165) is 17.9 Å². The predicted molar refractivity (Wildman–Crippen MR) is 65.9 cm³/mol. The average Bonchev–Trinajstić information content (AvgIpc) is 2.99. The van der Waals surface area contributed by atoms with Crippen molar-refractivity contribution >= 4 is 0 Å². The standard InChI is InChI=1S/C14H27N/c1-11(12-7-8-12)15-9-5-6-13(10-15)14(2,3)4/h11-13H,5-10H2,1-4H3. The monoisotopic (exact) mass is 209 g/mol. The minimum Gasteiger partial charge on any atom is -0.300 e. The van der Waals surface area contributed by atoms with E-state index in [0.29, 0.717) is 5.41 Å². The molecule has 0 aromatic rings. The molecule has 0 N–H and O–H groups in total. The Hall–Kier alpha value is -0.0400. The molecule has 2 aliphatic rings.